The molecule has 1 aliphatic rings. The van der Waals surface area contributed by atoms with Crippen molar-refractivity contribution in [1.82, 2.24) is 24.1 Å². The van der Waals surface area contributed by atoms with E-state index in [1.807, 2.05) is 26.0 Å². The minimum atomic E-state index is -0.390. The Labute approximate surface area is 159 Å². The van der Waals surface area contributed by atoms with Crippen molar-refractivity contribution in [2.75, 3.05) is 5.32 Å². The summed E-state index contributed by atoms with van der Waals surface area (Å²) in [6.07, 6.45) is 2.29. The second-order valence-electron chi connectivity index (χ2n) is 7.09. The molecule has 8 nitrogen and oxygen atoms in total. The highest BCUT2D eigenvalue weighted by molar-refractivity contribution is 7.05. The Morgan fingerprint density at radius 3 is 2.74 bits per heavy atom. The summed E-state index contributed by atoms with van der Waals surface area (Å²) in [6.45, 7) is 5.62. The third-order valence-electron chi connectivity index (χ3n) is 4.47. The minimum Gasteiger partial charge on any atom is -0.292 e. The van der Waals surface area contributed by atoms with E-state index in [4.69, 9.17) is 4.98 Å². The van der Waals surface area contributed by atoms with Crippen molar-refractivity contribution >= 4 is 34.3 Å². The lowest BCUT2D eigenvalue weighted by Crippen LogP contribution is -2.31. The van der Waals surface area contributed by atoms with E-state index in [2.05, 4.69) is 19.8 Å². The average Bonchev–Trinajstić information content (AvgIpc) is 3.40. The molecule has 1 N–H and O–H groups in total. The molecule has 1 saturated carbocycles. The molecule has 0 radical (unpaired) electrons. The Balaban J connectivity index is 1.70. The first kappa shape index (κ1) is 17.7. The minimum absolute atomic E-state index is 0.0761. The standard InChI is InChI=1S/C18H20N6O2S/c1-9(2)15-16-12(6-7-13(20-16)11-4-5-11)17(26)24(22-15)8-14(25)21-18-19-10(3)27-23-18/h6-7,9,11H,4-5,8H2,1-3H3,(H,21,23,25). The van der Waals surface area contributed by atoms with Crippen LogP contribution in [0.5, 0.6) is 0 Å². The maximum Gasteiger partial charge on any atom is 0.276 e. The number of carbonyl (C=O) groups excluding carboxylic acids is 1. The number of carbonyl (C=O) groups is 1. The topological polar surface area (TPSA) is 103 Å². The van der Waals surface area contributed by atoms with Crippen LogP contribution in [0.15, 0.2) is 16.9 Å². The van der Waals surface area contributed by atoms with E-state index in [0.29, 0.717) is 16.8 Å². The zero-order valence-electron chi connectivity index (χ0n) is 15.4. The SMILES string of the molecule is Cc1nc(NC(=O)Cn2nc(C(C)C)c3nc(C4CC4)ccc3c2=O)ns1. The number of amides is 1. The molecule has 0 aliphatic heterocycles. The van der Waals surface area contributed by atoms with Crippen molar-refractivity contribution < 1.29 is 4.79 Å². The molecule has 0 unspecified atom stereocenters. The largest absolute Gasteiger partial charge is 0.292 e. The molecule has 3 heterocycles. The van der Waals surface area contributed by atoms with E-state index in [0.717, 1.165) is 29.2 Å². The van der Waals surface area contributed by atoms with Crippen LogP contribution in [0.2, 0.25) is 0 Å². The fraction of sp³-hybridized carbons (Fsp3) is 0.444. The van der Waals surface area contributed by atoms with Crippen LogP contribution in [0.1, 0.15) is 54.9 Å². The monoisotopic (exact) mass is 384 g/mol. The number of nitrogens with zero attached hydrogens (tertiary/aromatic N) is 5. The predicted molar refractivity (Wildman–Crippen MR) is 103 cm³/mol. The van der Waals surface area contributed by atoms with Crippen LogP contribution in [0.4, 0.5) is 5.95 Å². The summed E-state index contributed by atoms with van der Waals surface area (Å²) in [5.41, 5.74) is 2.07. The first-order chi connectivity index (χ1) is 12.9. The van der Waals surface area contributed by atoms with Gasteiger partial charge in [-0.1, -0.05) is 13.8 Å². The van der Waals surface area contributed by atoms with Gasteiger partial charge in [0.25, 0.3) is 5.56 Å². The summed E-state index contributed by atoms with van der Waals surface area (Å²) in [4.78, 5) is 34.0. The van der Waals surface area contributed by atoms with Gasteiger partial charge in [-0.3, -0.25) is 19.9 Å². The van der Waals surface area contributed by atoms with Gasteiger partial charge in [0.05, 0.1) is 16.6 Å². The lowest BCUT2D eigenvalue weighted by atomic mass is 10.1. The van der Waals surface area contributed by atoms with E-state index < -0.39 is 0 Å². The van der Waals surface area contributed by atoms with E-state index in [1.165, 1.54) is 16.2 Å². The van der Waals surface area contributed by atoms with Gasteiger partial charge in [-0.15, -0.1) is 0 Å². The van der Waals surface area contributed by atoms with Gasteiger partial charge in [-0.2, -0.15) is 9.47 Å². The van der Waals surface area contributed by atoms with Crippen LogP contribution in [0.25, 0.3) is 10.9 Å². The molecule has 0 aromatic carbocycles. The number of fused-ring (bicyclic) bond motifs is 1. The molecule has 1 fully saturated rings. The summed E-state index contributed by atoms with van der Waals surface area (Å²) in [7, 11) is 0. The molecule has 140 valence electrons. The summed E-state index contributed by atoms with van der Waals surface area (Å²) in [5, 5.41) is 8.30. The van der Waals surface area contributed by atoms with Crippen molar-refractivity contribution in [2.24, 2.45) is 0 Å². The van der Waals surface area contributed by atoms with Gasteiger partial charge >= 0.3 is 0 Å². The summed E-state index contributed by atoms with van der Waals surface area (Å²) < 4.78 is 5.23. The number of aryl methyl sites for hydroxylation is 1. The Morgan fingerprint density at radius 2 is 2.11 bits per heavy atom. The fourth-order valence-corrected chi connectivity index (χ4v) is 3.39. The molecular weight excluding hydrogens is 364 g/mol. The maximum absolute atomic E-state index is 12.8. The molecule has 9 heteroatoms. The molecule has 4 rings (SSSR count). The van der Waals surface area contributed by atoms with Crippen molar-refractivity contribution in [3.05, 3.63) is 38.9 Å². The first-order valence-electron chi connectivity index (χ1n) is 8.94. The number of pyridine rings is 1. The smallest absolute Gasteiger partial charge is 0.276 e. The van der Waals surface area contributed by atoms with Crippen LogP contribution in [0, 0.1) is 6.92 Å². The van der Waals surface area contributed by atoms with E-state index in [1.54, 1.807) is 6.92 Å². The second kappa shape index (κ2) is 6.80. The van der Waals surface area contributed by atoms with Crippen molar-refractivity contribution in [1.29, 1.82) is 0 Å². The summed E-state index contributed by atoms with van der Waals surface area (Å²) in [5.74, 6) is 0.430. The second-order valence-corrected chi connectivity index (χ2v) is 8.05. The van der Waals surface area contributed by atoms with Gasteiger partial charge in [0.2, 0.25) is 11.9 Å². The Kier molecular flexibility index (Phi) is 4.47. The Hall–Kier alpha value is -2.68. The Morgan fingerprint density at radius 1 is 1.33 bits per heavy atom. The van der Waals surface area contributed by atoms with Gasteiger partial charge in [0.1, 0.15) is 11.6 Å². The lowest BCUT2D eigenvalue weighted by Gasteiger charge is -2.13. The number of aromatic nitrogens is 5. The summed E-state index contributed by atoms with van der Waals surface area (Å²) >= 11 is 1.20. The van der Waals surface area contributed by atoms with Crippen LogP contribution < -0.4 is 10.9 Å². The molecule has 27 heavy (non-hydrogen) atoms. The Bertz CT molecular complexity index is 1080. The zero-order valence-corrected chi connectivity index (χ0v) is 16.2. The molecule has 3 aromatic heterocycles. The molecule has 0 spiro atoms. The molecule has 1 amide bonds. The highest BCUT2D eigenvalue weighted by atomic mass is 32.1. The number of rotatable bonds is 5. The van der Waals surface area contributed by atoms with Gasteiger partial charge in [-0.25, -0.2) is 9.67 Å². The van der Waals surface area contributed by atoms with Crippen LogP contribution >= 0.6 is 11.5 Å². The molecule has 3 aromatic rings. The van der Waals surface area contributed by atoms with E-state index in [-0.39, 0.29) is 29.9 Å². The first-order valence-corrected chi connectivity index (χ1v) is 9.71. The number of anilines is 1. The van der Waals surface area contributed by atoms with Crippen molar-refractivity contribution in [3.8, 4) is 0 Å². The normalized spacial score (nSPS) is 14.1. The van der Waals surface area contributed by atoms with Gasteiger partial charge in [-0.05, 0) is 49.3 Å². The predicted octanol–water partition coefficient (Wildman–Crippen LogP) is 2.59. The highest BCUT2D eigenvalue weighted by Crippen LogP contribution is 2.39. The molecule has 0 atom stereocenters. The average molecular weight is 384 g/mol. The molecular formula is C18H20N6O2S. The zero-order chi connectivity index (χ0) is 19.1. The van der Waals surface area contributed by atoms with Crippen LogP contribution in [-0.2, 0) is 11.3 Å². The van der Waals surface area contributed by atoms with Crippen LogP contribution in [-0.4, -0.2) is 30.0 Å². The highest BCUT2D eigenvalue weighted by Gasteiger charge is 2.26. The van der Waals surface area contributed by atoms with Crippen molar-refractivity contribution in [3.63, 3.8) is 0 Å². The summed E-state index contributed by atoms with van der Waals surface area (Å²) in [6, 6.07) is 3.73. The van der Waals surface area contributed by atoms with Gasteiger partial charge < -0.3 is 0 Å². The molecule has 0 saturated heterocycles. The number of hydrogen-bond donors (Lipinski definition) is 1. The molecule has 0 bridgehead atoms. The molecule has 1 aliphatic carbocycles. The van der Waals surface area contributed by atoms with Gasteiger partial charge in [0.15, 0.2) is 0 Å². The number of nitrogens with one attached hydrogen (secondary N) is 1. The maximum atomic E-state index is 12.8. The van der Waals surface area contributed by atoms with Crippen LogP contribution in [0.3, 0.4) is 0 Å². The van der Waals surface area contributed by atoms with Gasteiger partial charge in [0, 0.05) is 11.6 Å². The third kappa shape index (κ3) is 3.59. The van der Waals surface area contributed by atoms with E-state index >= 15 is 0 Å². The van der Waals surface area contributed by atoms with E-state index in [9.17, 15) is 9.59 Å². The third-order valence-corrected chi connectivity index (χ3v) is 5.09. The van der Waals surface area contributed by atoms with Crippen molar-refractivity contribution in [2.45, 2.75) is 52.0 Å². The number of hydrogen-bond acceptors (Lipinski definition) is 7. The lowest BCUT2D eigenvalue weighted by molar-refractivity contribution is -0.117. The fourth-order valence-electron chi connectivity index (χ4n) is 2.96. The quantitative estimate of drug-likeness (QED) is 0.725.